The molecule has 0 bridgehead atoms. The monoisotopic (exact) mass is 394 g/mol. The molecule has 134 valence electrons. The van der Waals surface area contributed by atoms with Gasteiger partial charge in [0.25, 0.3) is 11.6 Å². The van der Waals surface area contributed by atoms with Crippen LogP contribution in [0.2, 0.25) is 5.02 Å². The van der Waals surface area contributed by atoms with Gasteiger partial charge in [-0.2, -0.15) is 0 Å². The van der Waals surface area contributed by atoms with Crippen LogP contribution in [0.3, 0.4) is 0 Å². The molecule has 0 saturated heterocycles. The molecule has 10 heteroatoms. The van der Waals surface area contributed by atoms with Crippen LogP contribution in [0.5, 0.6) is 0 Å². The van der Waals surface area contributed by atoms with E-state index in [1.807, 2.05) is 0 Å². The molecule has 0 fully saturated rings. The zero-order valence-electron chi connectivity index (χ0n) is 13.0. The smallest absolute Gasteiger partial charge is 0.288 e. The van der Waals surface area contributed by atoms with Crippen molar-refractivity contribution in [2.75, 3.05) is 5.32 Å². The van der Waals surface area contributed by atoms with Crippen LogP contribution in [0, 0.1) is 15.9 Å². The van der Waals surface area contributed by atoms with Crippen molar-refractivity contribution >= 4 is 52.3 Å². The first-order valence-electron chi connectivity index (χ1n) is 7.10. The number of benzene rings is 2. The number of para-hydroxylation sites is 1. The number of thiocarbonyl (C=S) groups is 1. The second kappa shape index (κ2) is 8.88. The Morgan fingerprint density at radius 3 is 2.65 bits per heavy atom. The van der Waals surface area contributed by atoms with Crippen LogP contribution >= 0.6 is 23.8 Å². The Kier molecular flexibility index (Phi) is 6.59. The van der Waals surface area contributed by atoms with Crippen molar-refractivity contribution in [3.05, 3.63) is 75.1 Å². The third kappa shape index (κ3) is 5.50. The summed E-state index contributed by atoms with van der Waals surface area (Å²) in [6.45, 7) is 0. The molecule has 0 unspecified atom stereocenters. The second-order valence-corrected chi connectivity index (χ2v) is 5.66. The predicted molar refractivity (Wildman–Crippen MR) is 101 cm³/mol. The maximum Gasteiger partial charge on any atom is 0.288 e. The van der Waals surface area contributed by atoms with Gasteiger partial charge < -0.3 is 5.32 Å². The number of nitrogens with one attached hydrogen (secondary N) is 3. The highest BCUT2D eigenvalue weighted by atomic mass is 35.5. The number of hydrazine groups is 1. The number of hydrogen-bond donors (Lipinski definition) is 3. The molecule has 0 aliphatic carbocycles. The molecule has 2 aromatic rings. The molecule has 0 saturated carbocycles. The molecule has 0 heterocycles. The summed E-state index contributed by atoms with van der Waals surface area (Å²) in [6.07, 6.45) is 2.51. The molecule has 0 spiro atoms. The van der Waals surface area contributed by atoms with E-state index in [4.69, 9.17) is 23.8 Å². The van der Waals surface area contributed by atoms with Crippen molar-refractivity contribution in [2.45, 2.75) is 0 Å². The Hall–Kier alpha value is -3.04. The van der Waals surface area contributed by atoms with E-state index in [0.29, 0.717) is 5.56 Å². The van der Waals surface area contributed by atoms with Gasteiger partial charge >= 0.3 is 0 Å². The van der Waals surface area contributed by atoms with Crippen LogP contribution in [0.25, 0.3) is 6.08 Å². The van der Waals surface area contributed by atoms with Crippen LogP contribution in [0.4, 0.5) is 15.8 Å². The summed E-state index contributed by atoms with van der Waals surface area (Å²) in [6, 6.07) is 10.0. The summed E-state index contributed by atoms with van der Waals surface area (Å²) >= 11 is 10.6. The zero-order valence-corrected chi connectivity index (χ0v) is 14.6. The number of nitro groups is 1. The maximum absolute atomic E-state index is 13.5. The molecule has 3 N–H and O–H groups in total. The first-order valence-corrected chi connectivity index (χ1v) is 7.89. The average molecular weight is 395 g/mol. The van der Waals surface area contributed by atoms with E-state index < -0.39 is 16.6 Å². The lowest BCUT2D eigenvalue weighted by atomic mass is 10.2. The lowest BCUT2D eigenvalue weighted by molar-refractivity contribution is -0.384. The average Bonchev–Trinajstić information content (AvgIpc) is 2.61. The van der Waals surface area contributed by atoms with Gasteiger partial charge in [-0.15, -0.1) is 0 Å². The number of hydrogen-bond acceptors (Lipinski definition) is 4. The molecule has 1 amide bonds. The van der Waals surface area contributed by atoms with Gasteiger partial charge in [0.05, 0.1) is 10.6 Å². The van der Waals surface area contributed by atoms with Crippen molar-refractivity contribution in [2.24, 2.45) is 0 Å². The van der Waals surface area contributed by atoms with Crippen molar-refractivity contribution < 1.29 is 14.1 Å². The molecule has 2 aromatic carbocycles. The van der Waals surface area contributed by atoms with E-state index in [-0.39, 0.29) is 21.5 Å². The van der Waals surface area contributed by atoms with Gasteiger partial charge in [-0.05, 0) is 42.1 Å². The van der Waals surface area contributed by atoms with E-state index in [0.717, 1.165) is 6.08 Å². The van der Waals surface area contributed by atoms with E-state index in [1.54, 1.807) is 6.07 Å². The third-order valence-electron chi connectivity index (χ3n) is 3.02. The fourth-order valence-electron chi connectivity index (χ4n) is 1.82. The van der Waals surface area contributed by atoms with Gasteiger partial charge in [0.15, 0.2) is 5.11 Å². The molecule has 0 atom stereocenters. The number of anilines is 1. The fraction of sp³-hybridized carbons (Fsp3) is 0. The number of carbonyl (C=O) groups is 1. The highest BCUT2D eigenvalue weighted by molar-refractivity contribution is 7.80. The van der Waals surface area contributed by atoms with Crippen molar-refractivity contribution in [1.82, 2.24) is 10.9 Å². The number of nitrogens with zero attached hydrogens (tertiary/aromatic N) is 1. The summed E-state index contributed by atoms with van der Waals surface area (Å²) in [5, 5.41) is 13.4. The molecule has 0 aromatic heterocycles. The first kappa shape index (κ1) is 19.3. The Morgan fingerprint density at radius 1 is 1.23 bits per heavy atom. The minimum absolute atomic E-state index is 0.00263. The SMILES string of the molecule is O=C(/C=C/c1ccc(Cl)c([N+](=O)[O-])c1)NNC(=S)Nc1ccccc1F. The number of halogens is 2. The largest absolute Gasteiger partial charge is 0.329 e. The van der Waals surface area contributed by atoms with Gasteiger partial charge in [0.2, 0.25) is 0 Å². The number of nitro benzene ring substituents is 1. The van der Waals surface area contributed by atoms with Crippen LogP contribution in [-0.2, 0) is 4.79 Å². The topological polar surface area (TPSA) is 96.3 Å². The molecule has 0 aliphatic rings. The molecule has 7 nitrogen and oxygen atoms in total. The first-order chi connectivity index (χ1) is 12.4. The highest BCUT2D eigenvalue weighted by Crippen LogP contribution is 2.25. The highest BCUT2D eigenvalue weighted by Gasteiger charge is 2.11. The van der Waals surface area contributed by atoms with Gasteiger partial charge in [-0.3, -0.25) is 25.8 Å². The zero-order chi connectivity index (χ0) is 19.1. The summed E-state index contributed by atoms with van der Waals surface area (Å²) in [5.41, 5.74) is 5.00. The van der Waals surface area contributed by atoms with Crippen LogP contribution in [-0.4, -0.2) is 15.9 Å². The van der Waals surface area contributed by atoms with E-state index in [9.17, 15) is 19.3 Å². The summed E-state index contributed by atoms with van der Waals surface area (Å²) in [4.78, 5) is 22.0. The summed E-state index contributed by atoms with van der Waals surface area (Å²) in [7, 11) is 0. The normalized spacial score (nSPS) is 10.4. The number of carbonyl (C=O) groups excluding carboxylic acids is 1. The number of rotatable bonds is 4. The quantitative estimate of drug-likeness (QED) is 0.318. The van der Waals surface area contributed by atoms with Gasteiger partial charge in [0.1, 0.15) is 10.8 Å². The third-order valence-corrected chi connectivity index (χ3v) is 3.54. The molecule has 26 heavy (non-hydrogen) atoms. The van der Waals surface area contributed by atoms with Crippen molar-refractivity contribution in [1.29, 1.82) is 0 Å². The van der Waals surface area contributed by atoms with Crippen molar-refractivity contribution in [3.8, 4) is 0 Å². The van der Waals surface area contributed by atoms with Crippen molar-refractivity contribution in [3.63, 3.8) is 0 Å². The van der Waals surface area contributed by atoms with E-state index in [1.165, 1.54) is 42.5 Å². The Morgan fingerprint density at radius 2 is 1.96 bits per heavy atom. The minimum Gasteiger partial charge on any atom is -0.329 e. The second-order valence-electron chi connectivity index (χ2n) is 4.85. The summed E-state index contributed by atoms with van der Waals surface area (Å²) in [5.74, 6) is -1.06. The Labute approximate surface area is 158 Å². The lowest BCUT2D eigenvalue weighted by Crippen LogP contribution is -2.43. The Balaban J connectivity index is 1.89. The molecule has 0 aliphatic heterocycles. The van der Waals surface area contributed by atoms with E-state index >= 15 is 0 Å². The molecular formula is C16H12ClFN4O3S. The maximum atomic E-state index is 13.5. The van der Waals surface area contributed by atoms with Crippen LogP contribution in [0.1, 0.15) is 5.56 Å². The molecular weight excluding hydrogens is 383 g/mol. The van der Waals surface area contributed by atoms with Gasteiger partial charge in [-0.25, -0.2) is 4.39 Å². The van der Waals surface area contributed by atoms with Crippen LogP contribution < -0.4 is 16.2 Å². The van der Waals surface area contributed by atoms with Gasteiger partial charge in [-0.1, -0.05) is 29.8 Å². The Bertz CT molecular complexity index is 892. The minimum atomic E-state index is -0.617. The van der Waals surface area contributed by atoms with Gasteiger partial charge in [0, 0.05) is 12.1 Å². The standard InChI is InChI=1S/C16H12ClFN4O3S/c17-11-7-5-10(9-14(11)22(24)25)6-8-15(23)20-21-16(26)19-13-4-2-1-3-12(13)18/h1-9H,(H,20,23)(H2,19,21,26)/b8-6+. The molecule has 0 radical (unpaired) electrons. The fourth-order valence-corrected chi connectivity index (χ4v) is 2.17. The van der Waals surface area contributed by atoms with E-state index in [2.05, 4.69) is 16.2 Å². The molecule has 2 rings (SSSR count). The lowest BCUT2D eigenvalue weighted by Gasteiger charge is -2.10. The summed E-state index contributed by atoms with van der Waals surface area (Å²) < 4.78 is 13.5. The number of amides is 1. The van der Waals surface area contributed by atoms with Crippen LogP contribution in [0.15, 0.2) is 48.5 Å². The predicted octanol–water partition coefficient (Wildman–Crippen LogP) is 3.42.